The average molecular weight is 246 g/mol. The van der Waals surface area contributed by atoms with Crippen molar-refractivity contribution in [1.29, 1.82) is 0 Å². The van der Waals surface area contributed by atoms with Gasteiger partial charge in [-0.3, -0.25) is 9.59 Å². The van der Waals surface area contributed by atoms with Crippen molar-refractivity contribution in [2.75, 3.05) is 13.7 Å². The normalized spacial score (nSPS) is 10.7. The number of hydrogen-bond donors (Lipinski definition) is 2. The van der Waals surface area contributed by atoms with Crippen LogP contribution in [0.5, 0.6) is 0 Å². The fourth-order valence-corrected chi connectivity index (χ4v) is 1.81. The van der Waals surface area contributed by atoms with Crippen LogP contribution < -0.4 is 11.1 Å². The lowest BCUT2D eigenvalue weighted by atomic mass is 9.81. The molecule has 0 aliphatic heterocycles. The summed E-state index contributed by atoms with van der Waals surface area (Å²) >= 11 is 4.91. The molecule has 0 heterocycles. The molecule has 92 valence electrons. The van der Waals surface area contributed by atoms with Crippen molar-refractivity contribution in [2.24, 2.45) is 11.1 Å². The van der Waals surface area contributed by atoms with Gasteiger partial charge >= 0.3 is 5.97 Å². The number of carbonyl (C=O) groups is 2. The summed E-state index contributed by atoms with van der Waals surface area (Å²) in [5, 5.41) is 2.48. The highest BCUT2D eigenvalue weighted by Crippen LogP contribution is 2.26. The SMILES string of the molecule is CCC(CC)(C(=O)NCC(=O)OC)C(N)=S. The van der Waals surface area contributed by atoms with Crippen molar-refractivity contribution < 1.29 is 14.3 Å². The van der Waals surface area contributed by atoms with Gasteiger partial charge in [0.2, 0.25) is 5.91 Å². The fourth-order valence-electron chi connectivity index (χ4n) is 1.43. The van der Waals surface area contributed by atoms with Crippen LogP contribution in [0.25, 0.3) is 0 Å². The van der Waals surface area contributed by atoms with Gasteiger partial charge in [0.1, 0.15) is 6.54 Å². The highest BCUT2D eigenvalue weighted by Gasteiger charge is 2.38. The molecule has 6 heteroatoms. The number of esters is 1. The standard InChI is InChI=1S/C10H18N2O3S/c1-4-10(5-2,8(11)16)9(14)12-6-7(13)15-3/h4-6H2,1-3H3,(H2,11,16)(H,12,14). The minimum atomic E-state index is -0.872. The van der Waals surface area contributed by atoms with Gasteiger partial charge in [0.15, 0.2) is 0 Å². The van der Waals surface area contributed by atoms with Crippen molar-refractivity contribution in [1.82, 2.24) is 5.32 Å². The molecular weight excluding hydrogens is 228 g/mol. The average Bonchev–Trinajstić information content (AvgIpc) is 2.27. The smallest absolute Gasteiger partial charge is 0.325 e. The largest absolute Gasteiger partial charge is 0.468 e. The van der Waals surface area contributed by atoms with E-state index in [2.05, 4.69) is 10.1 Å². The van der Waals surface area contributed by atoms with E-state index in [4.69, 9.17) is 18.0 Å². The molecule has 0 aliphatic rings. The summed E-state index contributed by atoms with van der Waals surface area (Å²) in [6.07, 6.45) is 1.01. The van der Waals surface area contributed by atoms with Crippen LogP contribution in [-0.4, -0.2) is 30.5 Å². The van der Waals surface area contributed by atoms with Crippen molar-refractivity contribution in [2.45, 2.75) is 26.7 Å². The zero-order chi connectivity index (χ0) is 12.8. The van der Waals surface area contributed by atoms with Gasteiger partial charge in [-0.1, -0.05) is 26.1 Å². The molecule has 0 aromatic rings. The Hall–Kier alpha value is -1.17. The highest BCUT2D eigenvalue weighted by atomic mass is 32.1. The van der Waals surface area contributed by atoms with Crippen LogP contribution in [-0.2, 0) is 14.3 Å². The maximum absolute atomic E-state index is 11.9. The van der Waals surface area contributed by atoms with Gasteiger partial charge in [-0.2, -0.15) is 0 Å². The van der Waals surface area contributed by atoms with Gasteiger partial charge in [0.05, 0.1) is 17.5 Å². The molecule has 0 atom stereocenters. The summed E-state index contributed by atoms with van der Waals surface area (Å²) < 4.78 is 4.42. The molecule has 0 radical (unpaired) electrons. The Morgan fingerprint density at radius 1 is 1.38 bits per heavy atom. The number of nitrogens with two attached hydrogens (primary N) is 1. The fraction of sp³-hybridized carbons (Fsp3) is 0.700. The lowest BCUT2D eigenvalue weighted by Crippen LogP contribution is -2.49. The number of amides is 1. The molecule has 0 saturated heterocycles. The molecule has 16 heavy (non-hydrogen) atoms. The zero-order valence-corrected chi connectivity index (χ0v) is 10.6. The topological polar surface area (TPSA) is 81.4 Å². The number of hydrogen-bond acceptors (Lipinski definition) is 4. The first-order valence-corrected chi connectivity index (χ1v) is 5.50. The second kappa shape index (κ2) is 6.42. The van der Waals surface area contributed by atoms with E-state index in [1.807, 2.05) is 13.8 Å². The molecule has 0 bridgehead atoms. The molecular formula is C10H18N2O3S. The van der Waals surface area contributed by atoms with Gasteiger partial charge in [-0.25, -0.2) is 0 Å². The molecule has 1 amide bonds. The van der Waals surface area contributed by atoms with E-state index in [-0.39, 0.29) is 17.4 Å². The Bertz CT molecular complexity index is 288. The molecule has 0 aliphatic carbocycles. The third-order valence-corrected chi connectivity index (χ3v) is 3.13. The summed E-state index contributed by atoms with van der Waals surface area (Å²) in [5.41, 5.74) is 4.72. The second-order valence-corrected chi connectivity index (χ2v) is 3.85. The maximum atomic E-state index is 11.9. The molecule has 0 rings (SSSR count). The monoisotopic (exact) mass is 246 g/mol. The first-order chi connectivity index (χ1) is 7.44. The third-order valence-electron chi connectivity index (χ3n) is 2.73. The Balaban J connectivity index is 4.64. The summed E-state index contributed by atoms with van der Waals surface area (Å²) in [4.78, 5) is 22.9. The van der Waals surface area contributed by atoms with Crippen LogP contribution in [0, 0.1) is 5.41 Å². The summed E-state index contributed by atoms with van der Waals surface area (Å²) in [7, 11) is 1.26. The molecule has 0 aromatic carbocycles. The predicted octanol–water partition coefficient (Wildman–Crippen LogP) is 0.368. The number of ether oxygens (including phenoxy) is 1. The Morgan fingerprint density at radius 3 is 2.19 bits per heavy atom. The van der Waals surface area contributed by atoms with Gasteiger partial charge in [-0.15, -0.1) is 0 Å². The Labute approximate surface area is 101 Å². The van der Waals surface area contributed by atoms with Crippen molar-refractivity contribution >= 4 is 29.1 Å². The molecule has 0 unspecified atom stereocenters. The zero-order valence-electron chi connectivity index (χ0n) is 9.83. The van der Waals surface area contributed by atoms with E-state index < -0.39 is 11.4 Å². The first-order valence-electron chi connectivity index (χ1n) is 5.09. The molecule has 0 fully saturated rings. The van der Waals surface area contributed by atoms with Crippen LogP contribution >= 0.6 is 12.2 Å². The number of thiocarbonyl (C=S) groups is 1. The van der Waals surface area contributed by atoms with Gasteiger partial charge < -0.3 is 15.8 Å². The maximum Gasteiger partial charge on any atom is 0.325 e. The summed E-state index contributed by atoms with van der Waals surface area (Å²) in [6, 6.07) is 0. The van der Waals surface area contributed by atoms with Gasteiger partial charge in [0, 0.05) is 0 Å². The van der Waals surface area contributed by atoms with Crippen LogP contribution in [0.15, 0.2) is 0 Å². The van der Waals surface area contributed by atoms with Crippen molar-refractivity contribution in [3.05, 3.63) is 0 Å². The summed E-state index contributed by atoms with van der Waals surface area (Å²) in [6.45, 7) is 3.50. The Kier molecular flexibility index (Phi) is 5.95. The highest BCUT2D eigenvalue weighted by molar-refractivity contribution is 7.80. The van der Waals surface area contributed by atoms with Crippen molar-refractivity contribution in [3.8, 4) is 0 Å². The number of rotatable bonds is 6. The lowest BCUT2D eigenvalue weighted by Gasteiger charge is -2.28. The molecule has 5 nitrogen and oxygen atoms in total. The van der Waals surface area contributed by atoms with Gasteiger partial charge in [0.25, 0.3) is 0 Å². The van der Waals surface area contributed by atoms with Crippen LogP contribution in [0.1, 0.15) is 26.7 Å². The molecule has 3 N–H and O–H groups in total. The number of carbonyl (C=O) groups excluding carboxylic acids is 2. The second-order valence-electron chi connectivity index (χ2n) is 3.41. The number of nitrogens with one attached hydrogen (secondary N) is 1. The first kappa shape index (κ1) is 14.8. The van der Waals surface area contributed by atoms with E-state index in [1.165, 1.54) is 7.11 Å². The Morgan fingerprint density at radius 2 is 1.88 bits per heavy atom. The third kappa shape index (κ3) is 3.16. The molecule has 0 aromatic heterocycles. The molecule has 0 spiro atoms. The van der Waals surface area contributed by atoms with E-state index in [0.29, 0.717) is 12.8 Å². The van der Waals surface area contributed by atoms with E-state index >= 15 is 0 Å². The van der Waals surface area contributed by atoms with Crippen LogP contribution in [0.4, 0.5) is 0 Å². The van der Waals surface area contributed by atoms with Crippen molar-refractivity contribution in [3.63, 3.8) is 0 Å². The van der Waals surface area contributed by atoms with E-state index in [1.54, 1.807) is 0 Å². The molecule has 0 saturated carbocycles. The van der Waals surface area contributed by atoms with Crippen LogP contribution in [0.3, 0.4) is 0 Å². The summed E-state index contributed by atoms with van der Waals surface area (Å²) in [5.74, 6) is -0.826. The van der Waals surface area contributed by atoms with E-state index in [0.717, 1.165) is 0 Å². The van der Waals surface area contributed by atoms with Gasteiger partial charge in [-0.05, 0) is 12.8 Å². The lowest BCUT2D eigenvalue weighted by molar-refractivity contribution is -0.142. The minimum Gasteiger partial charge on any atom is -0.468 e. The van der Waals surface area contributed by atoms with Crippen LogP contribution in [0.2, 0.25) is 0 Å². The predicted molar refractivity (Wildman–Crippen MR) is 64.8 cm³/mol. The minimum absolute atomic E-state index is 0.153. The number of methoxy groups -OCH3 is 1. The van der Waals surface area contributed by atoms with E-state index in [9.17, 15) is 9.59 Å². The quantitative estimate of drug-likeness (QED) is 0.522.